The molecule has 10 heteroatoms. The molecule has 0 aliphatic carbocycles. The van der Waals surface area contributed by atoms with Gasteiger partial charge in [-0.1, -0.05) is 44.7 Å². The van der Waals surface area contributed by atoms with E-state index in [1.54, 1.807) is 25.3 Å². The zero-order valence-electron chi connectivity index (χ0n) is 23.3. The Kier molecular flexibility index (Phi) is 10.6. The molecular formula is C30H36N4O5S. The van der Waals surface area contributed by atoms with E-state index in [4.69, 9.17) is 24.4 Å². The molecule has 40 heavy (non-hydrogen) atoms. The number of hydrazone groups is 1. The Morgan fingerprint density at radius 3 is 2.55 bits per heavy atom. The number of nitrogens with one attached hydrogen (secondary N) is 1. The molecule has 0 fully saturated rings. The third kappa shape index (κ3) is 7.65. The van der Waals surface area contributed by atoms with Gasteiger partial charge in [-0.25, -0.2) is 0 Å². The Labute approximate surface area is 239 Å². The highest BCUT2D eigenvalue weighted by Crippen LogP contribution is 2.32. The van der Waals surface area contributed by atoms with Gasteiger partial charge in [0.15, 0.2) is 17.3 Å². The third-order valence-electron chi connectivity index (χ3n) is 6.22. The Hall–Kier alpha value is -3.79. The van der Waals surface area contributed by atoms with E-state index in [9.17, 15) is 4.79 Å². The Morgan fingerprint density at radius 2 is 1.75 bits per heavy atom. The van der Waals surface area contributed by atoms with E-state index >= 15 is 0 Å². The smallest absolute Gasteiger partial charge is 0.283 e. The molecular weight excluding hydrogens is 528 g/mol. The van der Waals surface area contributed by atoms with Gasteiger partial charge in [0.05, 0.1) is 19.3 Å². The van der Waals surface area contributed by atoms with Gasteiger partial charge in [0.2, 0.25) is 5.17 Å². The standard InChI is InChI=1S/C30H36N4O5S/c1-4-6-7-8-9-13-27-33-34-28(31)24(29(35)32-30(34)40-27)18-21-14-15-25(26(19-21)37-5-2)39-17-16-38-23-12-10-11-22(20-23)36-3/h10-12,14-15,18-20,31H,4-9,13,16-17H2,1-3H3/b24-18-,31-28?. The molecule has 0 saturated carbocycles. The van der Waals surface area contributed by atoms with Crippen molar-refractivity contribution < 1.29 is 23.7 Å². The number of amides is 1. The SMILES string of the molecule is CCCCCCCC1=NN2C(=N)/C(=C/c3ccc(OCCOc4cccc(OC)c4)c(OCC)c3)C(=O)N=C2S1. The Morgan fingerprint density at radius 1 is 0.950 bits per heavy atom. The molecule has 212 valence electrons. The Balaban J connectivity index is 1.39. The highest BCUT2D eigenvalue weighted by molar-refractivity contribution is 8.26. The van der Waals surface area contributed by atoms with E-state index < -0.39 is 5.91 Å². The zero-order chi connectivity index (χ0) is 28.3. The van der Waals surface area contributed by atoms with Gasteiger partial charge in [-0.2, -0.15) is 15.1 Å². The number of ether oxygens (including phenoxy) is 4. The molecule has 0 saturated heterocycles. The maximum atomic E-state index is 12.8. The first kappa shape index (κ1) is 29.2. The van der Waals surface area contributed by atoms with Crippen LogP contribution >= 0.6 is 11.8 Å². The van der Waals surface area contributed by atoms with Crippen molar-refractivity contribution in [2.45, 2.75) is 52.4 Å². The number of nitrogens with zero attached hydrogens (tertiary/aromatic N) is 3. The van der Waals surface area contributed by atoms with Crippen molar-refractivity contribution in [1.29, 1.82) is 5.41 Å². The van der Waals surface area contributed by atoms with Crippen molar-refractivity contribution in [2.75, 3.05) is 26.9 Å². The van der Waals surface area contributed by atoms with Crippen LogP contribution in [0.5, 0.6) is 23.0 Å². The minimum Gasteiger partial charge on any atom is -0.497 e. The van der Waals surface area contributed by atoms with E-state index in [1.165, 1.54) is 36.0 Å². The predicted molar refractivity (Wildman–Crippen MR) is 160 cm³/mol. The summed E-state index contributed by atoms with van der Waals surface area (Å²) in [4.78, 5) is 17.0. The molecule has 2 heterocycles. The topological polar surface area (TPSA) is 106 Å². The summed E-state index contributed by atoms with van der Waals surface area (Å²) in [6.07, 6.45) is 8.32. The second-order valence-corrected chi connectivity index (χ2v) is 10.2. The number of hydrogen-bond donors (Lipinski definition) is 1. The van der Waals surface area contributed by atoms with Crippen molar-refractivity contribution in [3.05, 3.63) is 53.6 Å². The number of carbonyl (C=O) groups excluding carboxylic acids is 1. The molecule has 2 aliphatic rings. The molecule has 1 N–H and O–H groups in total. The number of unbranched alkanes of at least 4 members (excludes halogenated alkanes) is 4. The third-order valence-corrected chi connectivity index (χ3v) is 7.19. The average molecular weight is 565 g/mol. The molecule has 4 rings (SSSR count). The lowest BCUT2D eigenvalue weighted by molar-refractivity contribution is -0.114. The van der Waals surface area contributed by atoms with Crippen molar-refractivity contribution >= 4 is 39.8 Å². The minimum absolute atomic E-state index is 0.0245. The van der Waals surface area contributed by atoms with Crippen LogP contribution < -0.4 is 18.9 Å². The van der Waals surface area contributed by atoms with Crippen LogP contribution in [-0.4, -0.2) is 53.9 Å². The summed E-state index contributed by atoms with van der Waals surface area (Å²) in [6, 6.07) is 12.8. The normalized spacial score (nSPS) is 15.6. The summed E-state index contributed by atoms with van der Waals surface area (Å²) in [5.41, 5.74) is 0.877. The molecule has 0 bridgehead atoms. The van der Waals surface area contributed by atoms with Crippen molar-refractivity contribution in [2.24, 2.45) is 10.1 Å². The summed E-state index contributed by atoms with van der Waals surface area (Å²) < 4.78 is 22.7. The van der Waals surface area contributed by atoms with Crippen molar-refractivity contribution in [3.8, 4) is 23.0 Å². The average Bonchev–Trinajstić information content (AvgIpc) is 3.37. The van der Waals surface area contributed by atoms with E-state index in [-0.39, 0.29) is 11.4 Å². The molecule has 9 nitrogen and oxygen atoms in total. The van der Waals surface area contributed by atoms with E-state index in [2.05, 4.69) is 17.0 Å². The first-order valence-corrected chi connectivity index (χ1v) is 14.5. The van der Waals surface area contributed by atoms with Gasteiger partial charge in [0.25, 0.3) is 5.91 Å². The molecule has 2 aromatic carbocycles. The van der Waals surface area contributed by atoms with Gasteiger partial charge in [0.1, 0.15) is 29.8 Å². The van der Waals surface area contributed by atoms with Crippen LogP contribution in [0.2, 0.25) is 0 Å². The van der Waals surface area contributed by atoms with Gasteiger partial charge in [0, 0.05) is 6.07 Å². The van der Waals surface area contributed by atoms with Crippen LogP contribution in [0.3, 0.4) is 0 Å². The van der Waals surface area contributed by atoms with Crippen LogP contribution in [0.25, 0.3) is 6.08 Å². The number of methoxy groups -OCH3 is 1. The number of carbonyl (C=O) groups is 1. The summed E-state index contributed by atoms with van der Waals surface area (Å²) in [6.45, 7) is 5.18. The molecule has 1 amide bonds. The number of hydrogen-bond acceptors (Lipinski definition) is 8. The quantitative estimate of drug-likeness (QED) is 0.194. The minimum atomic E-state index is -0.448. The number of fused-ring (bicyclic) bond motifs is 1. The van der Waals surface area contributed by atoms with Crippen molar-refractivity contribution in [3.63, 3.8) is 0 Å². The second kappa shape index (κ2) is 14.6. The second-order valence-electron chi connectivity index (χ2n) is 9.19. The molecule has 2 aliphatic heterocycles. The van der Waals surface area contributed by atoms with Gasteiger partial charge < -0.3 is 18.9 Å². The first-order valence-electron chi connectivity index (χ1n) is 13.7. The van der Waals surface area contributed by atoms with Crippen molar-refractivity contribution in [1.82, 2.24) is 5.01 Å². The molecule has 0 unspecified atom stereocenters. The maximum Gasteiger partial charge on any atom is 0.283 e. The van der Waals surface area contributed by atoms with Gasteiger partial charge in [-0.05, 0) is 67.4 Å². The summed E-state index contributed by atoms with van der Waals surface area (Å²) in [5.74, 6) is 2.10. The molecule has 0 atom stereocenters. The van der Waals surface area contributed by atoms with E-state index in [0.717, 1.165) is 30.1 Å². The van der Waals surface area contributed by atoms with Crippen LogP contribution in [0.1, 0.15) is 57.9 Å². The lowest BCUT2D eigenvalue weighted by Crippen LogP contribution is -2.35. The maximum absolute atomic E-state index is 12.8. The Bertz CT molecular complexity index is 1310. The fourth-order valence-electron chi connectivity index (χ4n) is 4.18. The zero-order valence-corrected chi connectivity index (χ0v) is 24.1. The van der Waals surface area contributed by atoms with Crippen LogP contribution in [0.4, 0.5) is 0 Å². The molecule has 2 aromatic rings. The van der Waals surface area contributed by atoms with Crippen LogP contribution in [-0.2, 0) is 4.79 Å². The summed E-state index contributed by atoms with van der Waals surface area (Å²) in [5, 5.41) is 16.0. The number of benzene rings is 2. The molecule has 0 aromatic heterocycles. The van der Waals surface area contributed by atoms with Gasteiger partial charge in [-0.3, -0.25) is 10.2 Å². The highest BCUT2D eigenvalue weighted by Gasteiger charge is 2.35. The number of amidine groups is 2. The fourth-order valence-corrected chi connectivity index (χ4v) is 5.11. The highest BCUT2D eigenvalue weighted by atomic mass is 32.2. The summed E-state index contributed by atoms with van der Waals surface area (Å²) in [7, 11) is 1.61. The van der Waals surface area contributed by atoms with Gasteiger partial charge in [-0.15, -0.1) is 0 Å². The van der Waals surface area contributed by atoms with E-state index in [1.807, 2.05) is 37.3 Å². The summed E-state index contributed by atoms with van der Waals surface area (Å²) >= 11 is 1.38. The van der Waals surface area contributed by atoms with Crippen LogP contribution in [0, 0.1) is 5.41 Å². The fraction of sp³-hybridized carbons (Fsp3) is 0.400. The number of rotatable bonds is 15. The monoisotopic (exact) mass is 564 g/mol. The van der Waals surface area contributed by atoms with Gasteiger partial charge >= 0.3 is 0 Å². The lowest BCUT2D eigenvalue weighted by Gasteiger charge is -2.20. The van der Waals surface area contributed by atoms with Crippen LogP contribution in [0.15, 0.2) is 58.1 Å². The number of aliphatic imine (C=N–C) groups is 1. The van der Waals surface area contributed by atoms with E-state index in [0.29, 0.717) is 47.8 Å². The lowest BCUT2D eigenvalue weighted by atomic mass is 10.1. The number of thioether (sulfide) groups is 1. The largest absolute Gasteiger partial charge is 0.497 e. The predicted octanol–water partition coefficient (Wildman–Crippen LogP) is 6.53. The first-order chi connectivity index (χ1) is 19.5. The molecule has 0 spiro atoms. The molecule has 0 radical (unpaired) electrons.